The molecule has 2 aromatic rings. The second kappa shape index (κ2) is 6.39. The van der Waals surface area contributed by atoms with Crippen LogP contribution in [0.2, 0.25) is 0 Å². The highest BCUT2D eigenvalue weighted by molar-refractivity contribution is 6.12. The summed E-state index contributed by atoms with van der Waals surface area (Å²) in [7, 11) is 0. The van der Waals surface area contributed by atoms with Gasteiger partial charge in [-0.3, -0.25) is 0 Å². The Labute approximate surface area is 130 Å². The van der Waals surface area contributed by atoms with E-state index in [1.54, 1.807) is 24.3 Å². The van der Waals surface area contributed by atoms with Crippen LogP contribution in [0.1, 0.15) is 11.1 Å². The van der Waals surface area contributed by atoms with Gasteiger partial charge in [0.25, 0.3) is 0 Å². The Morgan fingerprint density at radius 2 is 1.74 bits per heavy atom. The molecule has 1 aliphatic heterocycles. The molecule has 3 rings (SSSR count). The monoisotopic (exact) mass is 315 g/mol. The molecule has 0 saturated heterocycles. The van der Waals surface area contributed by atoms with Crippen molar-refractivity contribution in [2.24, 2.45) is 4.99 Å². The van der Waals surface area contributed by atoms with Crippen molar-refractivity contribution in [1.82, 2.24) is 0 Å². The molecule has 0 fully saturated rings. The molecule has 0 amide bonds. The Morgan fingerprint density at radius 1 is 1.04 bits per heavy atom. The van der Waals surface area contributed by atoms with Crippen LogP contribution in [0.5, 0.6) is 5.75 Å². The fourth-order valence-corrected chi connectivity index (χ4v) is 2.02. The lowest BCUT2D eigenvalue weighted by molar-refractivity contribution is -0.129. The minimum Gasteiger partial charge on any atom is -0.435 e. The summed E-state index contributed by atoms with van der Waals surface area (Å²) in [6, 6.07) is 14.9. The number of carbonyl (C=O) groups excluding carboxylic acids is 1. The van der Waals surface area contributed by atoms with Gasteiger partial charge in [-0.05, 0) is 35.9 Å². The molecule has 0 unspecified atom stereocenters. The van der Waals surface area contributed by atoms with Crippen molar-refractivity contribution in [3.8, 4) is 5.75 Å². The first-order valence-corrected chi connectivity index (χ1v) is 6.75. The fourth-order valence-electron chi connectivity index (χ4n) is 2.02. The molecule has 1 heterocycles. The first-order valence-electron chi connectivity index (χ1n) is 6.75. The highest BCUT2D eigenvalue weighted by atomic mass is 19.3. The Kier molecular flexibility index (Phi) is 4.14. The van der Waals surface area contributed by atoms with Gasteiger partial charge >= 0.3 is 12.6 Å². The highest BCUT2D eigenvalue weighted by Crippen LogP contribution is 2.21. The van der Waals surface area contributed by atoms with E-state index >= 15 is 0 Å². The van der Waals surface area contributed by atoms with Crippen molar-refractivity contribution in [1.29, 1.82) is 0 Å². The van der Waals surface area contributed by atoms with Gasteiger partial charge < -0.3 is 9.47 Å². The topological polar surface area (TPSA) is 47.9 Å². The number of carbonyl (C=O) groups is 1. The van der Waals surface area contributed by atoms with Crippen LogP contribution in [0.3, 0.4) is 0 Å². The quantitative estimate of drug-likeness (QED) is 0.639. The second-order valence-corrected chi connectivity index (χ2v) is 4.65. The van der Waals surface area contributed by atoms with E-state index in [0.29, 0.717) is 11.1 Å². The molecule has 2 aromatic carbocycles. The lowest BCUT2D eigenvalue weighted by atomic mass is 10.2. The molecule has 0 atom stereocenters. The summed E-state index contributed by atoms with van der Waals surface area (Å²) in [6.45, 7) is -2.87. The smallest absolute Gasteiger partial charge is 0.387 e. The summed E-state index contributed by atoms with van der Waals surface area (Å²) >= 11 is 0. The zero-order valence-corrected chi connectivity index (χ0v) is 11.8. The summed E-state index contributed by atoms with van der Waals surface area (Å²) in [6.07, 6.45) is 1.52. The summed E-state index contributed by atoms with van der Waals surface area (Å²) in [5.74, 6) is -0.277. The Balaban J connectivity index is 1.82. The van der Waals surface area contributed by atoms with Crippen LogP contribution in [0, 0.1) is 0 Å². The lowest BCUT2D eigenvalue weighted by Gasteiger charge is -2.03. The molecule has 4 nitrogen and oxygen atoms in total. The zero-order chi connectivity index (χ0) is 16.2. The number of rotatable bonds is 4. The molecule has 116 valence electrons. The van der Waals surface area contributed by atoms with Crippen LogP contribution in [-0.4, -0.2) is 18.5 Å². The highest BCUT2D eigenvalue weighted by Gasteiger charge is 2.23. The van der Waals surface area contributed by atoms with Gasteiger partial charge in [-0.2, -0.15) is 8.78 Å². The molecule has 0 saturated carbocycles. The Hall–Kier alpha value is -3.02. The Bertz CT molecular complexity index is 768. The first kappa shape index (κ1) is 14.9. The second-order valence-electron chi connectivity index (χ2n) is 4.65. The number of hydrogen-bond acceptors (Lipinski definition) is 4. The summed E-state index contributed by atoms with van der Waals surface area (Å²) in [5.41, 5.74) is 1.47. The Morgan fingerprint density at radius 3 is 2.39 bits per heavy atom. The van der Waals surface area contributed by atoms with E-state index in [1.165, 1.54) is 18.2 Å². The van der Waals surface area contributed by atoms with Crippen molar-refractivity contribution in [2.45, 2.75) is 6.61 Å². The van der Waals surface area contributed by atoms with Gasteiger partial charge in [0.1, 0.15) is 5.75 Å². The predicted molar refractivity (Wildman–Crippen MR) is 80.1 cm³/mol. The molecule has 6 heteroatoms. The molecule has 0 aliphatic carbocycles. The van der Waals surface area contributed by atoms with Gasteiger partial charge in [0.05, 0.1) is 0 Å². The van der Waals surface area contributed by atoms with E-state index in [-0.39, 0.29) is 17.3 Å². The third kappa shape index (κ3) is 3.60. The number of alkyl halides is 2. The van der Waals surface area contributed by atoms with Crippen LogP contribution in [0.15, 0.2) is 65.3 Å². The van der Waals surface area contributed by atoms with Crippen LogP contribution in [-0.2, 0) is 9.53 Å². The van der Waals surface area contributed by atoms with Crippen molar-refractivity contribution < 1.29 is 23.0 Å². The number of ether oxygens (including phenoxy) is 2. The number of cyclic esters (lactones) is 1. The standard InChI is InChI=1S/C17H11F2NO3/c18-17(19)22-13-8-6-11(7-9-13)10-14-16(21)23-15(20-14)12-4-2-1-3-5-12/h1-10,17H/b14-10+. The van der Waals surface area contributed by atoms with E-state index in [1.807, 2.05) is 18.2 Å². The molecular formula is C17H11F2NO3. The largest absolute Gasteiger partial charge is 0.435 e. The molecule has 23 heavy (non-hydrogen) atoms. The normalized spacial score (nSPS) is 15.7. The number of nitrogens with zero attached hydrogens (tertiary/aromatic N) is 1. The summed E-state index contributed by atoms with van der Waals surface area (Å²) in [5, 5.41) is 0. The molecule has 0 N–H and O–H groups in total. The van der Waals surface area contributed by atoms with E-state index in [9.17, 15) is 13.6 Å². The molecule has 0 bridgehead atoms. The molecule has 1 aliphatic rings. The molecule has 0 aromatic heterocycles. The molecule has 0 spiro atoms. The minimum absolute atomic E-state index is 0.0459. The van der Waals surface area contributed by atoms with Crippen molar-refractivity contribution in [3.05, 3.63) is 71.4 Å². The third-order valence-corrected chi connectivity index (χ3v) is 3.05. The van der Waals surface area contributed by atoms with Gasteiger partial charge in [0.2, 0.25) is 5.90 Å². The third-order valence-electron chi connectivity index (χ3n) is 3.05. The van der Waals surface area contributed by atoms with Crippen molar-refractivity contribution in [2.75, 3.05) is 0 Å². The van der Waals surface area contributed by atoms with Crippen LogP contribution in [0.25, 0.3) is 6.08 Å². The van der Waals surface area contributed by atoms with Crippen molar-refractivity contribution >= 4 is 17.9 Å². The van der Waals surface area contributed by atoms with Crippen molar-refractivity contribution in [3.63, 3.8) is 0 Å². The van der Waals surface area contributed by atoms with Crippen LogP contribution in [0.4, 0.5) is 8.78 Å². The molecular weight excluding hydrogens is 304 g/mol. The average molecular weight is 315 g/mol. The van der Waals surface area contributed by atoms with Gasteiger partial charge in [0, 0.05) is 5.56 Å². The number of esters is 1. The summed E-state index contributed by atoms with van der Waals surface area (Å²) < 4.78 is 33.6. The molecule has 0 radical (unpaired) electrons. The SMILES string of the molecule is O=C1OC(c2ccccc2)=N/C1=C/c1ccc(OC(F)F)cc1. The van der Waals surface area contributed by atoms with E-state index in [2.05, 4.69) is 9.73 Å². The average Bonchev–Trinajstić information content (AvgIpc) is 2.91. The number of benzene rings is 2. The van der Waals surface area contributed by atoms with Crippen LogP contribution >= 0.6 is 0 Å². The lowest BCUT2D eigenvalue weighted by Crippen LogP contribution is -2.04. The first-order chi connectivity index (χ1) is 11.1. The minimum atomic E-state index is -2.87. The number of aliphatic imine (C=N–C) groups is 1. The fraction of sp³-hybridized carbons (Fsp3) is 0.0588. The summed E-state index contributed by atoms with van der Waals surface area (Å²) in [4.78, 5) is 16.0. The van der Waals surface area contributed by atoms with E-state index in [4.69, 9.17) is 4.74 Å². The number of hydrogen-bond donors (Lipinski definition) is 0. The van der Waals surface area contributed by atoms with Gasteiger partial charge in [-0.15, -0.1) is 0 Å². The van der Waals surface area contributed by atoms with Crippen LogP contribution < -0.4 is 4.74 Å². The van der Waals surface area contributed by atoms with E-state index in [0.717, 1.165) is 0 Å². The number of halogens is 2. The predicted octanol–water partition coefficient (Wildman–Crippen LogP) is 3.63. The maximum absolute atomic E-state index is 12.1. The maximum Gasteiger partial charge on any atom is 0.387 e. The maximum atomic E-state index is 12.1. The van der Waals surface area contributed by atoms with Gasteiger partial charge in [-0.1, -0.05) is 30.3 Å². The van der Waals surface area contributed by atoms with Gasteiger partial charge in [-0.25, -0.2) is 9.79 Å². The van der Waals surface area contributed by atoms with Gasteiger partial charge in [0.15, 0.2) is 5.70 Å². The zero-order valence-electron chi connectivity index (χ0n) is 11.8. The van der Waals surface area contributed by atoms with E-state index < -0.39 is 12.6 Å².